The summed E-state index contributed by atoms with van der Waals surface area (Å²) in [5.74, 6) is 1.76. The molecule has 0 saturated carbocycles. The number of benzene rings is 1. The number of imidazole rings is 1. The maximum Gasteiger partial charge on any atom is 0.145 e. The number of rotatable bonds is 2. The Bertz CT molecular complexity index is 644. The Hall–Kier alpha value is -1.94. The predicted octanol–water partition coefficient (Wildman–Crippen LogP) is 3.70. The summed E-state index contributed by atoms with van der Waals surface area (Å²) >= 11 is 3.43. The lowest BCUT2D eigenvalue weighted by molar-refractivity contribution is 1.00. The molecule has 0 atom stereocenters. The minimum Gasteiger partial charge on any atom is -0.284 e. The van der Waals surface area contributed by atoms with E-state index >= 15 is 0 Å². The molecule has 2 heterocycles. The molecule has 3 nitrogen and oxygen atoms in total. The fourth-order valence-electron chi connectivity index (χ4n) is 1.80. The van der Waals surface area contributed by atoms with Crippen LogP contribution in [0.5, 0.6) is 0 Å². The number of hydrogen-bond donors (Lipinski definition) is 0. The van der Waals surface area contributed by atoms with Gasteiger partial charge in [0.05, 0.1) is 0 Å². The standard InChI is InChI=1S/C14H10BrN3/c15-12-6-4-11(5-7-12)14-17-9-10-18(14)13-3-1-2-8-16-13/h1-10H. The van der Waals surface area contributed by atoms with E-state index in [0.717, 1.165) is 21.7 Å². The van der Waals surface area contributed by atoms with Gasteiger partial charge in [0, 0.05) is 28.6 Å². The number of pyridine rings is 1. The average Bonchev–Trinajstić information content (AvgIpc) is 2.90. The maximum atomic E-state index is 4.40. The van der Waals surface area contributed by atoms with Crippen LogP contribution < -0.4 is 0 Å². The first-order chi connectivity index (χ1) is 8.84. The van der Waals surface area contributed by atoms with Gasteiger partial charge < -0.3 is 0 Å². The molecule has 3 aromatic rings. The first kappa shape index (κ1) is 11.2. The van der Waals surface area contributed by atoms with Gasteiger partial charge in [-0.15, -0.1) is 0 Å². The summed E-state index contributed by atoms with van der Waals surface area (Å²) in [7, 11) is 0. The molecule has 0 radical (unpaired) electrons. The molecule has 0 aliphatic rings. The smallest absolute Gasteiger partial charge is 0.145 e. The van der Waals surface area contributed by atoms with Crippen molar-refractivity contribution in [1.82, 2.24) is 14.5 Å². The Morgan fingerprint density at radius 1 is 0.889 bits per heavy atom. The largest absolute Gasteiger partial charge is 0.284 e. The number of aromatic nitrogens is 3. The van der Waals surface area contributed by atoms with Crippen LogP contribution in [0, 0.1) is 0 Å². The number of hydrogen-bond acceptors (Lipinski definition) is 2. The summed E-state index contributed by atoms with van der Waals surface area (Å²) in [6, 6.07) is 13.9. The van der Waals surface area contributed by atoms with Crippen LogP contribution in [0.2, 0.25) is 0 Å². The van der Waals surface area contributed by atoms with Crippen molar-refractivity contribution in [2.24, 2.45) is 0 Å². The van der Waals surface area contributed by atoms with Crippen molar-refractivity contribution < 1.29 is 0 Å². The molecule has 0 bridgehead atoms. The highest BCUT2D eigenvalue weighted by atomic mass is 79.9. The lowest BCUT2D eigenvalue weighted by atomic mass is 10.2. The van der Waals surface area contributed by atoms with Gasteiger partial charge in [0.1, 0.15) is 11.6 Å². The highest BCUT2D eigenvalue weighted by Crippen LogP contribution is 2.22. The Morgan fingerprint density at radius 2 is 1.72 bits per heavy atom. The average molecular weight is 300 g/mol. The van der Waals surface area contributed by atoms with Gasteiger partial charge in [-0.25, -0.2) is 9.97 Å². The van der Waals surface area contributed by atoms with E-state index in [4.69, 9.17) is 0 Å². The SMILES string of the molecule is Brc1ccc(-c2nccn2-c2ccccn2)cc1. The van der Waals surface area contributed by atoms with Crippen LogP contribution in [0.15, 0.2) is 65.5 Å². The third-order valence-corrected chi connectivity index (χ3v) is 3.17. The van der Waals surface area contributed by atoms with Crippen molar-refractivity contribution in [3.63, 3.8) is 0 Å². The van der Waals surface area contributed by atoms with E-state index < -0.39 is 0 Å². The molecule has 3 rings (SSSR count). The first-order valence-electron chi connectivity index (χ1n) is 5.55. The highest BCUT2D eigenvalue weighted by Gasteiger charge is 2.07. The van der Waals surface area contributed by atoms with Crippen LogP contribution in [0.4, 0.5) is 0 Å². The van der Waals surface area contributed by atoms with Gasteiger partial charge in [0.25, 0.3) is 0 Å². The fourth-order valence-corrected chi connectivity index (χ4v) is 2.06. The normalized spacial score (nSPS) is 10.5. The molecule has 0 aliphatic heterocycles. The minimum atomic E-state index is 0.868. The van der Waals surface area contributed by atoms with Gasteiger partial charge in [-0.3, -0.25) is 4.57 Å². The molecule has 1 aromatic carbocycles. The lowest BCUT2D eigenvalue weighted by Gasteiger charge is -2.06. The molecule has 2 aromatic heterocycles. The summed E-state index contributed by atoms with van der Waals surface area (Å²) in [5, 5.41) is 0. The van der Waals surface area contributed by atoms with Gasteiger partial charge in [0.2, 0.25) is 0 Å². The van der Waals surface area contributed by atoms with E-state index in [1.807, 2.05) is 53.2 Å². The van der Waals surface area contributed by atoms with Gasteiger partial charge in [-0.2, -0.15) is 0 Å². The molecule has 18 heavy (non-hydrogen) atoms. The molecule has 0 saturated heterocycles. The van der Waals surface area contributed by atoms with E-state index in [1.165, 1.54) is 0 Å². The Morgan fingerprint density at radius 3 is 2.44 bits per heavy atom. The van der Waals surface area contributed by atoms with Crippen molar-refractivity contribution in [2.45, 2.75) is 0 Å². The monoisotopic (exact) mass is 299 g/mol. The second-order valence-corrected chi connectivity index (χ2v) is 4.73. The van der Waals surface area contributed by atoms with Gasteiger partial charge in [0.15, 0.2) is 0 Å². The zero-order valence-electron chi connectivity index (χ0n) is 9.49. The first-order valence-corrected chi connectivity index (χ1v) is 6.34. The zero-order chi connectivity index (χ0) is 12.4. The summed E-state index contributed by atoms with van der Waals surface area (Å²) in [5.41, 5.74) is 1.06. The summed E-state index contributed by atoms with van der Waals surface area (Å²) in [6.45, 7) is 0. The van der Waals surface area contributed by atoms with E-state index in [1.54, 1.807) is 12.4 Å². The summed E-state index contributed by atoms with van der Waals surface area (Å²) < 4.78 is 3.03. The van der Waals surface area contributed by atoms with Crippen LogP contribution in [-0.4, -0.2) is 14.5 Å². The topological polar surface area (TPSA) is 30.7 Å². The van der Waals surface area contributed by atoms with E-state index in [2.05, 4.69) is 25.9 Å². The fraction of sp³-hybridized carbons (Fsp3) is 0. The molecule has 0 fully saturated rings. The van der Waals surface area contributed by atoms with Crippen molar-refractivity contribution in [1.29, 1.82) is 0 Å². The van der Waals surface area contributed by atoms with Crippen LogP contribution in [0.3, 0.4) is 0 Å². The highest BCUT2D eigenvalue weighted by molar-refractivity contribution is 9.10. The van der Waals surface area contributed by atoms with Gasteiger partial charge in [-0.05, 0) is 24.3 Å². The second kappa shape index (κ2) is 4.74. The molecule has 0 spiro atoms. The van der Waals surface area contributed by atoms with Crippen LogP contribution in [0.25, 0.3) is 17.2 Å². The van der Waals surface area contributed by atoms with Crippen LogP contribution >= 0.6 is 15.9 Å². The molecule has 88 valence electrons. The van der Waals surface area contributed by atoms with Gasteiger partial charge in [-0.1, -0.05) is 34.1 Å². The van der Waals surface area contributed by atoms with Crippen molar-refractivity contribution in [3.8, 4) is 17.2 Å². The minimum absolute atomic E-state index is 0.868. The Balaban J connectivity index is 2.10. The summed E-state index contributed by atoms with van der Waals surface area (Å²) in [6.07, 6.45) is 5.48. The molecule has 0 aliphatic carbocycles. The molecule has 0 amide bonds. The molecule has 0 unspecified atom stereocenters. The van der Waals surface area contributed by atoms with Crippen LogP contribution in [0.1, 0.15) is 0 Å². The predicted molar refractivity (Wildman–Crippen MR) is 74.5 cm³/mol. The van der Waals surface area contributed by atoms with E-state index in [-0.39, 0.29) is 0 Å². The molecule has 4 heteroatoms. The van der Waals surface area contributed by atoms with Crippen LogP contribution in [-0.2, 0) is 0 Å². The third-order valence-electron chi connectivity index (χ3n) is 2.64. The van der Waals surface area contributed by atoms with Crippen molar-refractivity contribution in [2.75, 3.05) is 0 Å². The zero-order valence-corrected chi connectivity index (χ0v) is 11.1. The molecular weight excluding hydrogens is 290 g/mol. The van der Waals surface area contributed by atoms with Gasteiger partial charge >= 0.3 is 0 Å². The second-order valence-electron chi connectivity index (χ2n) is 3.82. The van der Waals surface area contributed by atoms with E-state index in [9.17, 15) is 0 Å². The number of nitrogens with zero attached hydrogens (tertiary/aromatic N) is 3. The Kier molecular flexibility index (Phi) is 2.94. The Labute approximate surface area is 113 Å². The molecule has 0 N–H and O–H groups in total. The molecular formula is C14H10BrN3. The number of halogens is 1. The van der Waals surface area contributed by atoms with Crippen molar-refractivity contribution in [3.05, 3.63) is 65.5 Å². The summed E-state index contributed by atoms with van der Waals surface area (Å²) in [4.78, 5) is 8.74. The third kappa shape index (κ3) is 2.07. The maximum absolute atomic E-state index is 4.40. The lowest BCUT2D eigenvalue weighted by Crippen LogP contribution is -1.98. The quantitative estimate of drug-likeness (QED) is 0.722. The van der Waals surface area contributed by atoms with E-state index in [0.29, 0.717) is 0 Å². The van der Waals surface area contributed by atoms with Crippen molar-refractivity contribution >= 4 is 15.9 Å².